The van der Waals surface area contributed by atoms with Crippen molar-refractivity contribution in [1.29, 1.82) is 0 Å². The van der Waals surface area contributed by atoms with Crippen molar-refractivity contribution in [3.05, 3.63) is 23.7 Å². The molecule has 0 fully saturated rings. The smallest absolute Gasteiger partial charge is 0.182 e. The van der Waals surface area contributed by atoms with E-state index in [-0.39, 0.29) is 0 Å². The number of aryl methyl sites for hydroxylation is 1. The second kappa shape index (κ2) is 3.29. The van der Waals surface area contributed by atoms with Crippen LogP contribution in [-0.4, -0.2) is 36.7 Å². The zero-order valence-corrected chi connectivity index (χ0v) is 7.32. The molecule has 70 valence electrons. The second-order valence-corrected chi connectivity index (χ2v) is 2.65. The Morgan fingerprint density at radius 2 is 2.29 bits per heavy atom. The maximum Gasteiger partial charge on any atom is 0.182 e. The van der Waals surface area contributed by atoms with E-state index >= 15 is 0 Å². The van der Waals surface area contributed by atoms with Gasteiger partial charge in [-0.3, -0.25) is 4.79 Å². The van der Waals surface area contributed by atoms with Crippen LogP contribution in [0.1, 0.15) is 16.1 Å². The molecular weight excluding hydrogens is 184 g/mol. The summed E-state index contributed by atoms with van der Waals surface area (Å²) in [5.41, 5.74) is 1.08. The highest BCUT2D eigenvalue weighted by Crippen LogP contribution is 2.07. The molecule has 0 saturated carbocycles. The minimum atomic E-state index is 0.291. The minimum Gasteiger partial charge on any atom is -0.296 e. The molecule has 2 aromatic heterocycles. The Kier molecular flexibility index (Phi) is 1.98. The van der Waals surface area contributed by atoms with Gasteiger partial charge in [0.05, 0.1) is 0 Å². The molecule has 0 atom stereocenters. The van der Waals surface area contributed by atoms with Crippen LogP contribution in [0.4, 0.5) is 0 Å². The van der Waals surface area contributed by atoms with Crippen LogP contribution >= 0.6 is 0 Å². The van der Waals surface area contributed by atoms with E-state index < -0.39 is 0 Å². The molecule has 7 nitrogen and oxygen atoms in total. The molecule has 0 aliphatic rings. The Balaban J connectivity index is 2.51. The molecule has 0 aliphatic heterocycles. The lowest BCUT2D eigenvalue weighted by atomic mass is 10.3. The summed E-state index contributed by atoms with van der Waals surface area (Å²) in [6.07, 6.45) is 2.06. The van der Waals surface area contributed by atoms with Crippen LogP contribution in [0.15, 0.2) is 12.4 Å². The van der Waals surface area contributed by atoms with E-state index in [0.29, 0.717) is 17.8 Å². The lowest BCUT2D eigenvalue weighted by Crippen LogP contribution is -2.05. The topological polar surface area (TPSA) is 86.5 Å². The molecule has 0 amide bonds. The Morgan fingerprint density at radius 3 is 2.86 bits per heavy atom. The van der Waals surface area contributed by atoms with Crippen molar-refractivity contribution in [2.75, 3.05) is 0 Å². The van der Waals surface area contributed by atoms with E-state index in [2.05, 4.69) is 25.7 Å². The highest BCUT2D eigenvalue weighted by Gasteiger charge is 2.05. The Morgan fingerprint density at radius 1 is 1.43 bits per heavy atom. The van der Waals surface area contributed by atoms with Crippen LogP contribution in [0.25, 0.3) is 5.82 Å². The number of carbonyl (C=O) groups is 1. The molecule has 7 heteroatoms. The van der Waals surface area contributed by atoms with Gasteiger partial charge < -0.3 is 0 Å². The first-order valence-corrected chi connectivity index (χ1v) is 3.84. The van der Waals surface area contributed by atoms with Gasteiger partial charge in [-0.2, -0.15) is 4.68 Å². The second-order valence-electron chi connectivity index (χ2n) is 2.65. The van der Waals surface area contributed by atoms with E-state index in [1.54, 1.807) is 13.0 Å². The van der Waals surface area contributed by atoms with Gasteiger partial charge in [0.15, 0.2) is 12.1 Å². The van der Waals surface area contributed by atoms with Gasteiger partial charge >= 0.3 is 0 Å². The molecule has 0 bridgehead atoms. The fraction of sp³-hybridized carbons (Fsp3) is 0.143. The average molecular weight is 190 g/mol. The van der Waals surface area contributed by atoms with Gasteiger partial charge in [-0.05, 0) is 29.0 Å². The summed E-state index contributed by atoms with van der Waals surface area (Å²) in [6.45, 7) is 1.80. The summed E-state index contributed by atoms with van der Waals surface area (Å²) in [5.74, 6) is 0.514. The van der Waals surface area contributed by atoms with Crippen molar-refractivity contribution in [2.45, 2.75) is 6.92 Å². The molecule has 0 radical (unpaired) electrons. The van der Waals surface area contributed by atoms with Crippen LogP contribution in [0, 0.1) is 6.92 Å². The molecule has 0 unspecified atom stereocenters. The molecule has 0 saturated heterocycles. The standard InChI is InChI=1S/C7H6N6O/c1-5-2-6(3-14)9-10-7(5)13-4-8-11-12-13/h2-4H,1H3. The number of rotatable bonds is 2. The average Bonchev–Trinajstić information content (AvgIpc) is 2.70. The third-order valence-electron chi connectivity index (χ3n) is 1.66. The highest BCUT2D eigenvalue weighted by molar-refractivity contribution is 5.71. The molecule has 0 spiro atoms. The Hall–Kier alpha value is -2.18. The quantitative estimate of drug-likeness (QED) is 0.597. The number of nitrogens with zero attached hydrogens (tertiary/aromatic N) is 6. The van der Waals surface area contributed by atoms with Crippen LogP contribution in [0.3, 0.4) is 0 Å². The van der Waals surface area contributed by atoms with Crippen molar-refractivity contribution in [3.63, 3.8) is 0 Å². The first kappa shape index (κ1) is 8.42. The lowest BCUT2D eigenvalue weighted by molar-refractivity contribution is 0.111. The number of carbonyl (C=O) groups excluding carboxylic acids is 1. The summed E-state index contributed by atoms with van der Waals surface area (Å²) < 4.78 is 1.39. The van der Waals surface area contributed by atoms with E-state index in [1.807, 2.05) is 0 Å². The predicted molar refractivity (Wildman–Crippen MR) is 44.9 cm³/mol. The summed E-state index contributed by atoms with van der Waals surface area (Å²) in [5, 5.41) is 18.1. The summed E-state index contributed by atoms with van der Waals surface area (Å²) in [7, 11) is 0. The van der Waals surface area contributed by atoms with Crippen LogP contribution in [-0.2, 0) is 0 Å². The highest BCUT2D eigenvalue weighted by atomic mass is 16.1. The largest absolute Gasteiger partial charge is 0.296 e. The molecular formula is C7H6N6O. The van der Waals surface area contributed by atoms with Crippen molar-refractivity contribution >= 4 is 6.29 Å². The predicted octanol–water partition coefficient (Wildman–Crippen LogP) is -0.427. The molecule has 2 rings (SSSR count). The fourth-order valence-corrected chi connectivity index (χ4v) is 1.04. The molecule has 0 aliphatic carbocycles. The monoisotopic (exact) mass is 190 g/mol. The zero-order valence-electron chi connectivity index (χ0n) is 7.32. The van der Waals surface area contributed by atoms with E-state index in [4.69, 9.17) is 0 Å². The molecule has 14 heavy (non-hydrogen) atoms. The van der Waals surface area contributed by atoms with E-state index in [9.17, 15) is 4.79 Å². The Bertz CT molecular complexity index is 451. The van der Waals surface area contributed by atoms with Crippen molar-refractivity contribution in [3.8, 4) is 5.82 Å². The van der Waals surface area contributed by atoms with Crippen LogP contribution < -0.4 is 0 Å². The van der Waals surface area contributed by atoms with E-state index in [1.165, 1.54) is 11.0 Å². The summed E-state index contributed by atoms with van der Waals surface area (Å²) >= 11 is 0. The molecule has 2 heterocycles. The van der Waals surface area contributed by atoms with Gasteiger partial charge in [-0.25, -0.2) is 0 Å². The van der Waals surface area contributed by atoms with Gasteiger partial charge in [0.25, 0.3) is 0 Å². The fourth-order valence-electron chi connectivity index (χ4n) is 1.04. The number of aromatic nitrogens is 6. The molecule has 0 N–H and O–H groups in total. The maximum atomic E-state index is 10.4. The van der Waals surface area contributed by atoms with Crippen molar-refractivity contribution in [1.82, 2.24) is 30.4 Å². The van der Waals surface area contributed by atoms with Crippen molar-refractivity contribution in [2.24, 2.45) is 0 Å². The van der Waals surface area contributed by atoms with Gasteiger partial charge in [-0.1, -0.05) is 0 Å². The summed E-state index contributed by atoms with van der Waals surface area (Å²) in [4.78, 5) is 10.4. The van der Waals surface area contributed by atoms with Gasteiger partial charge in [-0.15, -0.1) is 15.3 Å². The van der Waals surface area contributed by atoms with Gasteiger partial charge in [0.2, 0.25) is 0 Å². The first-order valence-electron chi connectivity index (χ1n) is 3.84. The summed E-state index contributed by atoms with van der Waals surface area (Å²) in [6, 6.07) is 1.62. The van der Waals surface area contributed by atoms with E-state index in [0.717, 1.165) is 5.56 Å². The number of tetrazole rings is 1. The van der Waals surface area contributed by atoms with Crippen LogP contribution in [0.2, 0.25) is 0 Å². The van der Waals surface area contributed by atoms with Gasteiger partial charge in [0.1, 0.15) is 12.0 Å². The SMILES string of the molecule is Cc1cc(C=O)nnc1-n1cnnn1. The number of hydrogen-bond acceptors (Lipinski definition) is 6. The zero-order chi connectivity index (χ0) is 9.97. The minimum absolute atomic E-state index is 0.291. The van der Waals surface area contributed by atoms with Crippen molar-refractivity contribution < 1.29 is 4.79 Å². The number of hydrogen-bond donors (Lipinski definition) is 0. The lowest BCUT2D eigenvalue weighted by Gasteiger charge is -2.00. The Labute approximate surface area is 78.8 Å². The third-order valence-corrected chi connectivity index (χ3v) is 1.66. The first-order chi connectivity index (χ1) is 6.81. The molecule has 2 aromatic rings. The normalized spacial score (nSPS) is 10.1. The van der Waals surface area contributed by atoms with Gasteiger partial charge in [0, 0.05) is 0 Å². The molecule has 0 aromatic carbocycles. The third kappa shape index (κ3) is 1.35. The number of aldehydes is 1. The maximum absolute atomic E-state index is 10.4. The van der Waals surface area contributed by atoms with Crippen LogP contribution in [0.5, 0.6) is 0 Å².